The van der Waals surface area contributed by atoms with E-state index in [1.54, 1.807) is 0 Å². The van der Waals surface area contributed by atoms with Crippen molar-refractivity contribution in [2.45, 2.75) is 52.4 Å². The molecule has 4 rings (SSSR count). The standard InChI is InChI=1S/C29H30O/c1-19(2)24-15-13-21-9-5-7-11-26(21)28(24)17-23(30)18-29-25(20(3)4)16-14-22-10-6-8-12-27(22)29/h5-16,19-20H,17-18H2,1-4H3. The summed E-state index contributed by atoms with van der Waals surface area (Å²) >= 11 is 0. The Labute approximate surface area is 179 Å². The average Bonchev–Trinajstić information content (AvgIpc) is 2.73. The van der Waals surface area contributed by atoms with Gasteiger partial charge < -0.3 is 0 Å². The quantitative estimate of drug-likeness (QED) is 0.329. The number of ketones is 1. The van der Waals surface area contributed by atoms with Gasteiger partial charge in [-0.3, -0.25) is 4.79 Å². The number of benzene rings is 4. The number of hydrogen-bond donors (Lipinski definition) is 0. The molecule has 1 nitrogen and oxygen atoms in total. The van der Waals surface area contributed by atoms with Crippen LogP contribution in [0, 0.1) is 0 Å². The van der Waals surface area contributed by atoms with Crippen LogP contribution in [0.4, 0.5) is 0 Å². The van der Waals surface area contributed by atoms with Crippen molar-refractivity contribution in [3.8, 4) is 0 Å². The maximum Gasteiger partial charge on any atom is 0.141 e. The van der Waals surface area contributed by atoms with Crippen LogP contribution in [-0.4, -0.2) is 5.78 Å². The van der Waals surface area contributed by atoms with Gasteiger partial charge in [-0.15, -0.1) is 0 Å². The monoisotopic (exact) mass is 394 g/mol. The first-order valence-corrected chi connectivity index (χ1v) is 11.0. The Morgan fingerprint density at radius 3 is 1.40 bits per heavy atom. The van der Waals surface area contributed by atoms with E-state index in [-0.39, 0.29) is 5.78 Å². The van der Waals surface area contributed by atoms with E-state index in [2.05, 4.69) is 100 Å². The summed E-state index contributed by atoms with van der Waals surface area (Å²) in [4.78, 5) is 13.4. The molecule has 0 N–H and O–H groups in total. The summed E-state index contributed by atoms with van der Waals surface area (Å²) in [7, 11) is 0. The zero-order valence-electron chi connectivity index (χ0n) is 18.4. The van der Waals surface area contributed by atoms with Crippen LogP contribution in [0.25, 0.3) is 21.5 Å². The summed E-state index contributed by atoms with van der Waals surface area (Å²) in [5, 5.41) is 4.83. The topological polar surface area (TPSA) is 17.1 Å². The van der Waals surface area contributed by atoms with Crippen molar-refractivity contribution in [1.82, 2.24) is 0 Å². The molecule has 0 amide bonds. The van der Waals surface area contributed by atoms with Gasteiger partial charge in [0.15, 0.2) is 0 Å². The minimum absolute atomic E-state index is 0.284. The van der Waals surface area contributed by atoms with E-state index in [9.17, 15) is 4.79 Å². The molecule has 0 saturated carbocycles. The van der Waals surface area contributed by atoms with Gasteiger partial charge in [0.1, 0.15) is 5.78 Å². The maximum atomic E-state index is 13.4. The molecule has 0 radical (unpaired) electrons. The van der Waals surface area contributed by atoms with Crippen LogP contribution in [0.1, 0.15) is 61.8 Å². The van der Waals surface area contributed by atoms with E-state index in [1.807, 2.05) is 0 Å². The Hall–Kier alpha value is -2.93. The maximum absolute atomic E-state index is 13.4. The molecule has 0 aliphatic rings. The zero-order chi connectivity index (χ0) is 21.3. The molecule has 4 aromatic carbocycles. The van der Waals surface area contributed by atoms with Gasteiger partial charge in [-0.25, -0.2) is 0 Å². The van der Waals surface area contributed by atoms with Gasteiger partial charge in [0.25, 0.3) is 0 Å². The van der Waals surface area contributed by atoms with Crippen molar-refractivity contribution in [3.63, 3.8) is 0 Å². The molecular weight excluding hydrogens is 364 g/mol. The van der Waals surface area contributed by atoms with Gasteiger partial charge in [0, 0.05) is 12.8 Å². The Kier molecular flexibility index (Phi) is 5.72. The van der Waals surface area contributed by atoms with Gasteiger partial charge in [0.2, 0.25) is 0 Å². The normalized spacial score (nSPS) is 11.7. The highest BCUT2D eigenvalue weighted by Gasteiger charge is 2.18. The predicted octanol–water partition coefficient (Wildman–Crippen LogP) is 7.59. The number of carbonyl (C=O) groups is 1. The number of rotatable bonds is 6. The molecule has 0 unspecified atom stereocenters. The first-order valence-electron chi connectivity index (χ1n) is 11.0. The second-order valence-electron chi connectivity index (χ2n) is 8.91. The number of Topliss-reactive ketones (excluding diaryl/α,β-unsaturated/α-hetero) is 1. The molecule has 30 heavy (non-hydrogen) atoms. The molecule has 0 aliphatic heterocycles. The lowest BCUT2D eigenvalue weighted by Gasteiger charge is -2.18. The molecule has 0 heterocycles. The number of fused-ring (bicyclic) bond motifs is 2. The van der Waals surface area contributed by atoms with E-state index < -0.39 is 0 Å². The molecule has 0 aliphatic carbocycles. The van der Waals surface area contributed by atoms with Crippen LogP contribution >= 0.6 is 0 Å². The molecular formula is C29H30O. The van der Waals surface area contributed by atoms with Gasteiger partial charge in [-0.05, 0) is 55.6 Å². The predicted molar refractivity (Wildman–Crippen MR) is 128 cm³/mol. The van der Waals surface area contributed by atoms with Crippen molar-refractivity contribution in [3.05, 3.63) is 95.1 Å². The average molecular weight is 395 g/mol. The zero-order valence-corrected chi connectivity index (χ0v) is 18.4. The highest BCUT2D eigenvalue weighted by Crippen LogP contribution is 2.31. The lowest BCUT2D eigenvalue weighted by molar-refractivity contribution is -0.117. The molecule has 0 aromatic heterocycles. The summed E-state index contributed by atoms with van der Waals surface area (Å²) in [5.41, 5.74) is 4.95. The molecule has 4 aromatic rings. The number of carbonyl (C=O) groups excluding carboxylic acids is 1. The second-order valence-corrected chi connectivity index (χ2v) is 8.91. The molecule has 0 spiro atoms. The molecule has 0 saturated heterocycles. The van der Waals surface area contributed by atoms with Gasteiger partial charge >= 0.3 is 0 Å². The van der Waals surface area contributed by atoms with Crippen molar-refractivity contribution < 1.29 is 4.79 Å². The first kappa shape index (κ1) is 20.3. The fourth-order valence-electron chi connectivity index (χ4n) is 4.64. The van der Waals surface area contributed by atoms with Crippen molar-refractivity contribution in [1.29, 1.82) is 0 Å². The highest BCUT2D eigenvalue weighted by atomic mass is 16.1. The largest absolute Gasteiger partial charge is 0.299 e. The van der Waals surface area contributed by atoms with E-state index in [1.165, 1.54) is 43.8 Å². The fourth-order valence-corrected chi connectivity index (χ4v) is 4.64. The van der Waals surface area contributed by atoms with E-state index in [4.69, 9.17) is 0 Å². The summed E-state index contributed by atoms with van der Waals surface area (Å²) in [6.07, 6.45) is 0.964. The number of hydrogen-bond acceptors (Lipinski definition) is 1. The summed E-state index contributed by atoms with van der Waals surface area (Å²) < 4.78 is 0. The van der Waals surface area contributed by atoms with Crippen molar-refractivity contribution in [2.75, 3.05) is 0 Å². The molecule has 0 bridgehead atoms. The van der Waals surface area contributed by atoms with Crippen molar-refractivity contribution >= 4 is 27.3 Å². The highest BCUT2D eigenvalue weighted by molar-refractivity contribution is 5.96. The minimum Gasteiger partial charge on any atom is -0.299 e. The van der Waals surface area contributed by atoms with Crippen LogP contribution in [0.5, 0.6) is 0 Å². The van der Waals surface area contributed by atoms with Crippen molar-refractivity contribution in [2.24, 2.45) is 0 Å². The van der Waals surface area contributed by atoms with Gasteiger partial charge in [0.05, 0.1) is 0 Å². The van der Waals surface area contributed by atoms with Crippen LogP contribution in [0.2, 0.25) is 0 Å². The fraction of sp³-hybridized carbons (Fsp3) is 0.276. The van der Waals surface area contributed by atoms with Crippen LogP contribution in [-0.2, 0) is 17.6 Å². The molecule has 1 heteroatoms. The Balaban J connectivity index is 1.75. The lowest BCUT2D eigenvalue weighted by atomic mass is 9.86. The summed E-state index contributed by atoms with van der Waals surface area (Å²) in [6, 6.07) is 25.6. The lowest BCUT2D eigenvalue weighted by Crippen LogP contribution is -2.12. The second kappa shape index (κ2) is 8.44. The third-order valence-electron chi connectivity index (χ3n) is 6.15. The summed E-state index contributed by atoms with van der Waals surface area (Å²) in [6.45, 7) is 8.83. The third kappa shape index (κ3) is 3.89. The first-order chi connectivity index (χ1) is 14.5. The minimum atomic E-state index is 0.284. The van der Waals surface area contributed by atoms with Gasteiger partial charge in [-0.2, -0.15) is 0 Å². The van der Waals surface area contributed by atoms with E-state index in [0.717, 1.165) is 0 Å². The van der Waals surface area contributed by atoms with E-state index in [0.29, 0.717) is 24.7 Å². The smallest absolute Gasteiger partial charge is 0.141 e. The van der Waals surface area contributed by atoms with Crippen LogP contribution in [0.15, 0.2) is 72.8 Å². The van der Waals surface area contributed by atoms with Crippen LogP contribution < -0.4 is 0 Å². The molecule has 152 valence electrons. The SMILES string of the molecule is CC(C)c1ccc2ccccc2c1CC(=O)Cc1c(C(C)C)ccc2ccccc12. The Morgan fingerprint density at radius 2 is 1.00 bits per heavy atom. The molecule has 0 atom stereocenters. The third-order valence-corrected chi connectivity index (χ3v) is 6.15. The Bertz CT molecular complexity index is 1120. The van der Waals surface area contributed by atoms with E-state index >= 15 is 0 Å². The Morgan fingerprint density at radius 1 is 0.600 bits per heavy atom. The summed E-state index contributed by atoms with van der Waals surface area (Å²) in [5.74, 6) is 1.06. The van der Waals surface area contributed by atoms with Crippen LogP contribution in [0.3, 0.4) is 0 Å². The molecule has 0 fully saturated rings. The van der Waals surface area contributed by atoms with Gasteiger partial charge in [-0.1, -0.05) is 100 Å².